The molecule has 0 N–H and O–H groups in total. The van der Waals surface area contributed by atoms with Gasteiger partial charge in [-0.3, -0.25) is 9.36 Å². The van der Waals surface area contributed by atoms with E-state index in [1.807, 2.05) is 71.9 Å². The average Bonchev–Trinajstić information content (AvgIpc) is 3.39. The van der Waals surface area contributed by atoms with Gasteiger partial charge in [-0.2, -0.15) is 0 Å². The lowest BCUT2D eigenvalue weighted by Gasteiger charge is -2.29. The lowest BCUT2D eigenvalue weighted by Crippen LogP contribution is -2.42. The summed E-state index contributed by atoms with van der Waals surface area (Å²) in [6.45, 7) is 19.8. The fraction of sp³-hybridized carbons (Fsp3) is 0.571. The molecule has 9 nitrogen and oxygen atoms in total. The molecule has 3 rings (SSSR count). The normalized spacial score (nSPS) is 15.7. The predicted molar refractivity (Wildman–Crippen MR) is 195 cm³/mol. The van der Waals surface area contributed by atoms with Crippen molar-refractivity contribution in [3.63, 3.8) is 0 Å². The van der Waals surface area contributed by atoms with Crippen molar-refractivity contribution in [1.82, 2.24) is 14.4 Å². The van der Waals surface area contributed by atoms with Crippen LogP contribution in [0.3, 0.4) is 0 Å². The maximum Gasteiger partial charge on any atom is 0.410 e. The zero-order valence-electron chi connectivity index (χ0n) is 29.3. The summed E-state index contributed by atoms with van der Waals surface area (Å²) >= 11 is 9.70. The van der Waals surface area contributed by atoms with Crippen LogP contribution in [0.4, 0.5) is 9.59 Å². The summed E-state index contributed by atoms with van der Waals surface area (Å²) in [6.07, 6.45) is 5.45. The van der Waals surface area contributed by atoms with E-state index in [-0.39, 0.29) is 30.8 Å². The van der Waals surface area contributed by atoms with Crippen molar-refractivity contribution in [2.75, 3.05) is 26.2 Å². The number of carbonyl (C=O) groups is 2. The van der Waals surface area contributed by atoms with Crippen molar-refractivity contribution in [3.8, 4) is 0 Å². The van der Waals surface area contributed by atoms with Crippen LogP contribution in [0, 0.1) is 5.92 Å². The topological polar surface area (TPSA) is 90.3 Å². The second-order valence-corrected chi connectivity index (χ2v) is 22.3. The molecule has 12 heteroatoms. The van der Waals surface area contributed by atoms with Gasteiger partial charge in [-0.1, -0.05) is 65.4 Å². The maximum absolute atomic E-state index is 13.8. The summed E-state index contributed by atoms with van der Waals surface area (Å²) in [6, 6.07) is 8.33. The number of benzene rings is 1. The molecular weight excluding hydrogens is 702 g/mol. The zero-order valence-corrected chi connectivity index (χ0v) is 32.7. The Balaban J connectivity index is 1.92. The molecule has 1 saturated heterocycles. The van der Waals surface area contributed by atoms with Gasteiger partial charge in [0.05, 0.1) is 6.54 Å². The molecule has 0 spiro atoms. The molecule has 0 aliphatic carbocycles. The van der Waals surface area contributed by atoms with Gasteiger partial charge in [-0.25, -0.2) is 9.59 Å². The fourth-order valence-electron chi connectivity index (χ4n) is 4.91. The predicted octanol–water partition coefficient (Wildman–Crippen LogP) is 8.74. The Bertz CT molecular complexity index is 1490. The SMILES string of the molecule is CC(C)(C)OC(=O)N1CCC(CN(Cc2cc(/C=C/c3ccc(Cl)cc3Br)cn(COCC[Si](C)(C)C)c2=O)C(=O)OC(C)(C)C)C1. The Morgan fingerprint density at radius 3 is 2.36 bits per heavy atom. The van der Waals surface area contributed by atoms with Crippen LogP contribution in [0.1, 0.15) is 64.7 Å². The molecule has 2 aromatic rings. The first kappa shape index (κ1) is 38.8. The lowest BCUT2D eigenvalue weighted by atomic mass is 10.1. The van der Waals surface area contributed by atoms with Gasteiger partial charge in [0, 0.05) is 55.6 Å². The lowest BCUT2D eigenvalue weighted by molar-refractivity contribution is 0.0195. The van der Waals surface area contributed by atoms with E-state index in [2.05, 4.69) is 35.6 Å². The highest BCUT2D eigenvalue weighted by molar-refractivity contribution is 9.10. The molecule has 2 heterocycles. The average molecular weight is 753 g/mol. The summed E-state index contributed by atoms with van der Waals surface area (Å²) in [5.41, 5.74) is 0.568. The third kappa shape index (κ3) is 13.4. The van der Waals surface area contributed by atoms with Gasteiger partial charge in [0.1, 0.15) is 17.9 Å². The third-order valence-electron chi connectivity index (χ3n) is 7.26. The van der Waals surface area contributed by atoms with Crippen LogP contribution in [0.15, 0.2) is 39.7 Å². The summed E-state index contributed by atoms with van der Waals surface area (Å²) in [5.74, 6) is -0.00695. The molecule has 1 unspecified atom stereocenters. The van der Waals surface area contributed by atoms with Gasteiger partial charge in [0.2, 0.25) is 0 Å². The fourth-order valence-corrected chi connectivity index (χ4v) is 6.48. The highest BCUT2D eigenvalue weighted by Gasteiger charge is 2.33. The summed E-state index contributed by atoms with van der Waals surface area (Å²) in [7, 11) is -1.31. The van der Waals surface area contributed by atoms with E-state index in [0.717, 1.165) is 21.6 Å². The van der Waals surface area contributed by atoms with E-state index in [9.17, 15) is 14.4 Å². The number of pyridine rings is 1. The van der Waals surface area contributed by atoms with Crippen molar-refractivity contribution in [1.29, 1.82) is 0 Å². The van der Waals surface area contributed by atoms with E-state index in [4.69, 9.17) is 25.8 Å². The maximum atomic E-state index is 13.8. The van der Waals surface area contributed by atoms with Gasteiger partial charge in [-0.05, 0) is 89.3 Å². The van der Waals surface area contributed by atoms with E-state index in [1.54, 1.807) is 26.6 Å². The van der Waals surface area contributed by atoms with Crippen LogP contribution in [-0.2, 0) is 27.5 Å². The molecule has 2 amide bonds. The standard InChI is InChI=1S/C35H51BrClN3O6Si/c1-34(2,3)45-32(42)38-15-14-26(21-38)22-39(33(43)46-35(4,5)6)23-28-18-25(10-11-27-12-13-29(37)19-30(27)36)20-40(31(28)41)24-44-16-17-47(7,8)9/h10-13,18-20,26H,14-17,21-24H2,1-9H3/b11-10+. The molecule has 0 saturated carbocycles. The number of aromatic nitrogens is 1. The number of carbonyl (C=O) groups excluding carboxylic acids is 2. The number of hydrogen-bond acceptors (Lipinski definition) is 6. The molecule has 47 heavy (non-hydrogen) atoms. The minimum absolute atomic E-state index is 0.00695. The number of halogens is 2. The minimum atomic E-state index is -1.31. The molecule has 1 aliphatic heterocycles. The van der Waals surface area contributed by atoms with E-state index in [0.29, 0.717) is 43.2 Å². The van der Waals surface area contributed by atoms with Crippen LogP contribution < -0.4 is 5.56 Å². The van der Waals surface area contributed by atoms with Crippen LogP contribution >= 0.6 is 27.5 Å². The number of likely N-dealkylation sites (tertiary alicyclic amines) is 1. The molecule has 1 aliphatic rings. The Kier molecular flexibility index (Phi) is 13.4. The van der Waals surface area contributed by atoms with Gasteiger partial charge in [-0.15, -0.1) is 0 Å². The van der Waals surface area contributed by atoms with Crippen LogP contribution in [0.25, 0.3) is 12.2 Å². The molecule has 1 atom stereocenters. The summed E-state index contributed by atoms with van der Waals surface area (Å²) < 4.78 is 19.7. The summed E-state index contributed by atoms with van der Waals surface area (Å²) in [5, 5.41) is 0.624. The molecular formula is C35H51BrClN3O6Si. The Morgan fingerprint density at radius 1 is 1.06 bits per heavy atom. The smallest absolute Gasteiger partial charge is 0.410 e. The van der Waals surface area contributed by atoms with Gasteiger partial charge < -0.3 is 24.0 Å². The first-order valence-corrected chi connectivity index (χ1v) is 21.0. The first-order valence-electron chi connectivity index (χ1n) is 16.1. The zero-order chi connectivity index (χ0) is 35.2. The second-order valence-electron chi connectivity index (χ2n) is 15.4. The number of amides is 2. The van der Waals surface area contributed by atoms with Gasteiger partial charge in [0.25, 0.3) is 5.56 Å². The van der Waals surface area contributed by atoms with Crippen LogP contribution in [0.2, 0.25) is 30.7 Å². The van der Waals surface area contributed by atoms with Crippen LogP contribution in [0.5, 0.6) is 0 Å². The third-order valence-corrected chi connectivity index (χ3v) is 9.88. The number of ether oxygens (including phenoxy) is 3. The van der Waals surface area contributed by atoms with Gasteiger partial charge >= 0.3 is 12.2 Å². The Hall–Kier alpha value is -2.60. The van der Waals surface area contributed by atoms with Gasteiger partial charge in [0.15, 0.2) is 0 Å². The van der Waals surface area contributed by atoms with Crippen LogP contribution in [-0.4, -0.2) is 72.1 Å². The minimum Gasteiger partial charge on any atom is -0.444 e. The molecule has 260 valence electrons. The van der Waals surface area contributed by atoms with E-state index >= 15 is 0 Å². The highest BCUT2D eigenvalue weighted by atomic mass is 79.9. The molecule has 1 aromatic carbocycles. The molecule has 1 fully saturated rings. The van der Waals surface area contributed by atoms with Crippen molar-refractivity contribution in [3.05, 3.63) is 67.0 Å². The largest absolute Gasteiger partial charge is 0.444 e. The van der Waals surface area contributed by atoms with Crippen molar-refractivity contribution in [2.24, 2.45) is 5.92 Å². The second kappa shape index (κ2) is 16.2. The Labute approximate surface area is 294 Å². The van der Waals surface area contributed by atoms with Crippen molar-refractivity contribution < 1.29 is 23.8 Å². The van der Waals surface area contributed by atoms with Crippen molar-refractivity contribution >= 4 is 59.9 Å². The Morgan fingerprint density at radius 2 is 1.74 bits per heavy atom. The monoisotopic (exact) mass is 751 g/mol. The molecule has 1 aromatic heterocycles. The number of hydrogen-bond donors (Lipinski definition) is 0. The van der Waals surface area contributed by atoms with E-state index in [1.165, 1.54) is 0 Å². The molecule has 0 radical (unpaired) electrons. The summed E-state index contributed by atoms with van der Waals surface area (Å²) in [4.78, 5) is 43.4. The number of nitrogens with zero attached hydrogens (tertiary/aromatic N) is 3. The highest BCUT2D eigenvalue weighted by Crippen LogP contribution is 2.25. The molecule has 0 bridgehead atoms. The van der Waals surface area contributed by atoms with Crippen molar-refractivity contribution in [2.45, 2.75) is 98.1 Å². The quantitative estimate of drug-likeness (QED) is 0.169. The number of rotatable bonds is 11. The van der Waals surface area contributed by atoms with E-state index < -0.39 is 25.4 Å². The first-order chi connectivity index (χ1) is 21.7.